The molecule has 1 heterocycles. The van der Waals surface area contributed by atoms with E-state index in [4.69, 9.17) is 10.00 Å². The number of nitrogens with one attached hydrogen (secondary N) is 1. The minimum absolute atomic E-state index is 0.624. The summed E-state index contributed by atoms with van der Waals surface area (Å²) in [6, 6.07) is 21.0. The summed E-state index contributed by atoms with van der Waals surface area (Å²) in [5.74, 6) is 1.49. The van der Waals surface area contributed by atoms with Crippen molar-refractivity contribution in [3.8, 4) is 28.8 Å². The molecule has 1 N–H and O–H groups in total. The molecule has 0 unspecified atom stereocenters. The molecule has 0 aliphatic heterocycles. The molecule has 2 aromatic carbocycles. The summed E-state index contributed by atoms with van der Waals surface area (Å²) in [7, 11) is 0. The van der Waals surface area contributed by atoms with E-state index in [0.29, 0.717) is 5.56 Å². The third kappa shape index (κ3) is 2.55. The van der Waals surface area contributed by atoms with E-state index < -0.39 is 0 Å². The van der Waals surface area contributed by atoms with Gasteiger partial charge in [0.05, 0.1) is 11.6 Å². The molecule has 0 saturated heterocycles. The van der Waals surface area contributed by atoms with E-state index in [-0.39, 0.29) is 0 Å². The second-order valence-corrected chi connectivity index (χ2v) is 4.35. The zero-order chi connectivity index (χ0) is 13.8. The van der Waals surface area contributed by atoms with Crippen LogP contribution < -0.4 is 4.74 Å². The van der Waals surface area contributed by atoms with Crippen molar-refractivity contribution in [2.24, 2.45) is 0 Å². The molecule has 3 aromatic rings. The van der Waals surface area contributed by atoms with E-state index >= 15 is 0 Å². The van der Waals surface area contributed by atoms with Gasteiger partial charge in [-0.25, -0.2) is 0 Å². The lowest BCUT2D eigenvalue weighted by atomic mass is 10.1. The van der Waals surface area contributed by atoms with Crippen molar-refractivity contribution in [1.82, 2.24) is 4.98 Å². The van der Waals surface area contributed by atoms with Crippen LogP contribution in [0.25, 0.3) is 11.3 Å². The van der Waals surface area contributed by atoms with Gasteiger partial charge in [0.15, 0.2) is 0 Å². The molecule has 0 amide bonds. The van der Waals surface area contributed by atoms with Crippen LogP contribution in [-0.2, 0) is 0 Å². The summed E-state index contributed by atoms with van der Waals surface area (Å²) < 4.78 is 5.73. The van der Waals surface area contributed by atoms with Crippen molar-refractivity contribution in [3.05, 3.63) is 72.4 Å². The first-order valence-corrected chi connectivity index (χ1v) is 6.27. The van der Waals surface area contributed by atoms with Crippen LogP contribution in [0.15, 0.2) is 66.9 Å². The van der Waals surface area contributed by atoms with Gasteiger partial charge >= 0.3 is 0 Å². The van der Waals surface area contributed by atoms with Crippen LogP contribution in [0.1, 0.15) is 5.56 Å². The second-order valence-electron chi connectivity index (χ2n) is 4.35. The lowest BCUT2D eigenvalue weighted by Crippen LogP contribution is -1.85. The largest absolute Gasteiger partial charge is 0.457 e. The zero-order valence-corrected chi connectivity index (χ0v) is 10.7. The number of H-pyrrole nitrogens is 1. The highest BCUT2D eigenvalue weighted by molar-refractivity contribution is 5.60. The number of aromatic nitrogens is 1. The van der Waals surface area contributed by atoms with Gasteiger partial charge in [0.25, 0.3) is 0 Å². The second kappa shape index (κ2) is 5.33. The Balaban J connectivity index is 1.76. The molecule has 20 heavy (non-hydrogen) atoms. The molecule has 1 aromatic heterocycles. The van der Waals surface area contributed by atoms with E-state index in [2.05, 4.69) is 11.1 Å². The number of ether oxygens (including phenoxy) is 1. The molecule has 0 spiro atoms. The van der Waals surface area contributed by atoms with Gasteiger partial charge in [-0.1, -0.05) is 0 Å². The number of nitrogens with zero attached hydrogens (tertiary/aromatic N) is 1. The van der Waals surface area contributed by atoms with Crippen molar-refractivity contribution in [1.29, 1.82) is 5.26 Å². The molecule has 0 saturated carbocycles. The molecule has 0 radical (unpaired) electrons. The van der Waals surface area contributed by atoms with Gasteiger partial charge in [-0.2, -0.15) is 5.26 Å². The Morgan fingerprint density at radius 2 is 1.50 bits per heavy atom. The first-order chi connectivity index (χ1) is 9.85. The Bertz CT molecular complexity index is 720. The molecule has 0 aliphatic rings. The number of hydrogen-bond donors (Lipinski definition) is 1. The lowest BCUT2D eigenvalue weighted by molar-refractivity contribution is 0.482. The highest BCUT2D eigenvalue weighted by Gasteiger charge is 2.00. The summed E-state index contributed by atoms with van der Waals surface area (Å²) in [4.78, 5) is 3.16. The van der Waals surface area contributed by atoms with Crippen molar-refractivity contribution < 1.29 is 4.74 Å². The Kier molecular flexibility index (Phi) is 3.22. The SMILES string of the molecule is N#Cc1ccc(Oc2ccc(-c3ccc[nH]3)cc2)cc1. The van der Waals surface area contributed by atoms with Crippen molar-refractivity contribution in [2.75, 3.05) is 0 Å². The average molecular weight is 260 g/mol. The summed E-state index contributed by atoms with van der Waals surface area (Å²) in [5.41, 5.74) is 2.82. The minimum atomic E-state index is 0.624. The molecule has 3 heteroatoms. The number of aromatic amines is 1. The van der Waals surface area contributed by atoms with Gasteiger partial charge in [-0.15, -0.1) is 0 Å². The molecular weight excluding hydrogens is 248 g/mol. The minimum Gasteiger partial charge on any atom is -0.457 e. The summed E-state index contributed by atoms with van der Waals surface area (Å²) in [6.45, 7) is 0. The molecule has 96 valence electrons. The number of hydrogen-bond acceptors (Lipinski definition) is 2. The van der Waals surface area contributed by atoms with Crippen LogP contribution in [0.4, 0.5) is 0 Å². The maximum Gasteiger partial charge on any atom is 0.127 e. The van der Waals surface area contributed by atoms with Crippen LogP contribution in [0.5, 0.6) is 11.5 Å². The van der Waals surface area contributed by atoms with Crippen LogP contribution in [0, 0.1) is 11.3 Å². The van der Waals surface area contributed by atoms with Crippen LogP contribution in [0.3, 0.4) is 0 Å². The summed E-state index contributed by atoms with van der Waals surface area (Å²) in [5, 5.41) is 8.75. The molecule has 0 aliphatic carbocycles. The fraction of sp³-hybridized carbons (Fsp3) is 0. The van der Waals surface area contributed by atoms with Crippen molar-refractivity contribution >= 4 is 0 Å². The summed E-state index contributed by atoms with van der Waals surface area (Å²) in [6.07, 6.45) is 1.90. The Morgan fingerprint density at radius 1 is 0.850 bits per heavy atom. The summed E-state index contributed by atoms with van der Waals surface area (Å²) >= 11 is 0. The smallest absolute Gasteiger partial charge is 0.127 e. The monoisotopic (exact) mass is 260 g/mol. The Morgan fingerprint density at radius 3 is 2.05 bits per heavy atom. The molecular formula is C17H12N2O. The van der Waals surface area contributed by atoms with Crippen molar-refractivity contribution in [3.63, 3.8) is 0 Å². The van der Waals surface area contributed by atoms with E-state index in [0.717, 1.165) is 22.8 Å². The first kappa shape index (κ1) is 12.1. The Hall–Kier alpha value is -2.99. The van der Waals surface area contributed by atoms with Gasteiger partial charge in [0.1, 0.15) is 11.5 Å². The number of rotatable bonds is 3. The predicted molar refractivity (Wildman–Crippen MR) is 77.5 cm³/mol. The van der Waals surface area contributed by atoms with E-state index in [1.807, 2.05) is 42.6 Å². The maximum atomic E-state index is 8.75. The van der Waals surface area contributed by atoms with Crippen LogP contribution >= 0.6 is 0 Å². The van der Waals surface area contributed by atoms with Gasteiger partial charge in [-0.05, 0) is 66.2 Å². The molecule has 3 nitrogen and oxygen atoms in total. The maximum absolute atomic E-state index is 8.75. The van der Waals surface area contributed by atoms with Crippen LogP contribution in [0.2, 0.25) is 0 Å². The fourth-order valence-electron chi connectivity index (χ4n) is 1.95. The molecule has 0 bridgehead atoms. The quantitative estimate of drug-likeness (QED) is 0.761. The van der Waals surface area contributed by atoms with Gasteiger partial charge in [0.2, 0.25) is 0 Å². The predicted octanol–water partition coefficient (Wildman–Crippen LogP) is 4.35. The van der Waals surface area contributed by atoms with Gasteiger partial charge < -0.3 is 9.72 Å². The van der Waals surface area contributed by atoms with E-state index in [9.17, 15) is 0 Å². The fourth-order valence-corrected chi connectivity index (χ4v) is 1.95. The first-order valence-electron chi connectivity index (χ1n) is 6.27. The number of benzene rings is 2. The van der Waals surface area contributed by atoms with Crippen LogP contribution in [-0.4, -0.2) is 4.98 Å². The third-order valence-electron chi connectivity index (χ3n) is 2.98. The Labute approximate surface area is 117 Å². The van der Waals surface area contributed by atoms with Gasteiger partial charge in [-0.3, -0.25) is 0 Å². The van der Waals surface area contributed by atoms with Crippen molar-refractivity contribution in [2.45, 2.75) is 0 Å². The third-order valence-corrected chi connectivity index (χ3v) is 2.98. The normalized spacial score (nSPS) is 9.95. The average Bonchev–Trinajstić information content (AvgIpc) is 3.03. The lowest BCUT2D eigenvalue weighted by Gasteiger charge is -2.06. The standard InChI is InChI=1S/C17H12N2O/c18-12-13-3-7-15(8-4-13)20-16-9-5-14(6-10-16)17-2-1-11-19-17/h1-11,19H. The molecule has 0 fully saturated rings. The highest BCUT2D eigenvalue weighted by atomic mass is 16.5. The van der Waals surface area contributed by atoms with E-state index in [1.165, 1.54) is 0 Å². The number of nitriles is 1. The molecule has 0 atom stereocenters. The van der Waals surface area contributed by atoms with E-state index in [1.54, 1.807) is 24.3 Å². The zero-order valence-electron chi connectivity index (χ0n) is 10.7. The topological polar surface area (TPSA) is 48.8 Å². The van der Waals surface area contributed by atoms with Gasteiger partial charge in [0, 0.05) is 11.9 Å². The highest BCUT2D eigenvalue weighted by Crippen LogP contribution is 2.25. The molecule has 3 rings (SSSR count).